The number of amides is 2. The van der Waals surface area contributed by atoms with E-state index in [1.165, 1.54) is 0 Å². The molecular weight excluding hydrogens is 324 g/mol. The van der Waals surface area contributed by atoms with Gasteiger partial charge in [0.05, 0.1) is 0 Å². The maximum absolute atomic E-state index is 12.1. The Morgan fingerprint density at radius 3 is 2.58 bits per heavy atom. The van der Waals surface area contributed by atoms with Crippen LogP contribution in [0.1, 0.15) is 52.9 Å². The second-order valence-electron chi connectivity index (χ2n) is 7.93. The van der Waals surface area contributed by atoms with Crippen molar-refractivity contribution < 1.29 is 14.3 Å². The number of hydrogen-bond donors (Lipinski definition) is 1. The van der Waals surface area contributed by atoms with Gasteiger partial charge >= 0.3 is 6.09 Å². The molecule has 0 aromatic rings. The van der Waals surface area contributed by atoms with Crippen molar-refractivity contribution in [3.05, 3.63) is 0 Å². The third-order valence-electron chi connectivity index (χ3n) is 4.59. The lowest BCUT2D eigenvalue weighted by atomic mass is 9.99. The summed E-state index contributed by atoms with van der Waals surface area (Å²) in [6.07, 6.45) is 5.15. The van der Waals surface area contributed by atoms with Gasteiger partial charge in [-0.15, -0.1) is 0 Å². The lowest BCUT2D eigenvalue weighted by Crippen LogP contribution is -2.42. The Kier molecular flexibility index (Phi) is 7.26. The minimum atomic E-state index is -0.428. The Hall–Kier alpha value is -0.910. The second kappa shape index (κ2) is 8.97. The molecule has 6 heteroatoms. The Labute approximate surface area is 150 Å². The highest BCUT2D eigenvalue weighted by Gasteiger charge is 2.27. The summed E-state index contributed by atoms with van der Waals surface area (Å²) in [6.45, 7) is 8.10. The van der Waals surface area contributed by atoms with Gasteiger partial charge in [-0.25, -0.2) is 4.79 Å². The quantitative estimate of drug-likeness (QED) is 0.840. The van der Waals surface area contributed by atoms with Crippen molar-refractivity contribution in [1.29, 1.82) is 0 Å². The van der Waals surface area contributed by atoms with Gasteiger partial charge in [-0.3, -0.25) is 4.79 Å². The van der Waals surface area contributed by atoms with Crippen LogP contribution >= 0.6 is 11.8 Å². The topological polar surface area (TPSA) is 58.6 Å². The third kappa shape index (κ3) is 6.54. The number of piperidine rings is 1. The highest BCUT2D eigenvalue weighted by Crippen LogP contribution is 2.25. The largest absolute Gasteiger partial charge is 0.444 e. The molecule has 2 heterocycles. The zero-order chi connectivity index (χ0) is 17.6. The van der Waals surface area contributed by atoms with Gasteiger partial charge < -0.3 is 15.0 Å². The van der Waals surface area contributed by atoms with Crippen molar-refractivity contribution in [2.75, 3.05) is 31.1 Å². The van der Waals surface area contributed by atoms with Crippen LogP contribution in [-0.2, 0) is 9.53 Å². The molecule has 1 N–H and O–H groups in total. The lowest BCUT2D eigenvalue weighted by molar-refractivity contribution is -0.124. The van der Waals surface area contributed by atoms with Crippen LogP contribution in [0, 0.1) is 11.8 Å². The van der Waals surface area contributed by atoms with E-state index in [4.69, 9.17) is 4.74 Å². The summed E-state index contributed by atoms with van der Waals surface area (Å²) in [5.41, 5.74) is -0.428. The summed E-state index contributed by atoms with van der Waals surface area (Å²) in [5.74, 6) is 3.07. The average molecular weight is 357 g/mol. The van der Waals surface area contributed by atoms with E-state index in [0.717, 1.165) is 63.2 Å². The predicted octanol–water partition coefficient (Wildman–Crippen LogP) is 3.28. The van der Waals surface area contributed by atoms with Crippen molar-refractivity contribution in [2.24, 2.45) is 11.8 Å². The van der Waals surface area contributed by atoms with Gasteiger partial charge in [-0.2, -0.15) is 11.8 Å². The number of nitrogens with zero attached hydrogens (tertiary/aromatic N) is 1. The maximum atomic E-state index is 12.1. The molecule has 2 aliphatic rings. The highest BCUT2D eigenvalue weighted by atomic mass is 32.2. The van der Waals surface area contributed by atoms with Crippen LogP contribution in [0.2, 0.25) is 0 Å². The minimum Gasteiger partial charge on any atom is -0.444 e. The molecule has 5 nitrogen and oxygen atoms in total. The van der Waals surface area contributed by atoms with Gasteiger partial charge in [-0.1, -0.05) is 6.42 Å². The number of hydrogen-bond acceptors (Lipinski definition) is 4. The molecule has 0 radical (unpaired) electrons. The molecule has 2 fully saturated rings. The Bertz CT molecular complexity index is 428. The summed E-state index contributed by atoms with van der Waals surface area (Å²) in [4.78, 5) is 25.8. The zero-order valence-corrected chi connectivity index (χ0v) is 16.1. The number of carbonyl (C=O) groups is 2. The second-order valence-corrected chi connectivity index (χ2v) is 9.01. The number of ether oxygens (including phenoxy) is 1. The van der Waals surface area contributed by atoms with E-state index in [-0.39, 0.29) is 17.9 Å². The summed E-state index contributed by atoms with van der Waals surface area (Å²) in [5, 5.41) is 3.01. The van der Waals surface area contributed by atoms with Crippen molar-refractivity contribution >= 4 is 23.8 Å². The molecule has 0 spiro atoms. The summed E-state index contributed by atoms with van der Waals surface area (Å²) in [7, 11) is 0. The Morgan fingerprint density at radius 2 is 1.92 bits per heavy atom. The minimum absolute atomic E-state index is 0.180. The Morgan fingerprint density at radius 1 is 1.21 bits per heavy atom. The van der Waals surface area contributed by atoms with E-state index in [9.17, 15) is 9.59 Å². The maximum Gasteiger partial charge on any atom is 0.410 e. The number of rotatable bonds is 4. The van der Waals surface area contributed by atoms with Gasteiger partial charge in [0.15, 0.2) is 0 Å². The van der Waals surface area contributed by atoms with Gasteiger partial charge in [0.25, 0.3) is 0 Å². The molecule has 0 aliphatic carbocycles. The SMILES string of the molecule is CC(C)(C)OC(=O)N1CCC(CSCC2CCCCNC2=O)CC1. The van der Waals surface area contributed by atoms with Crippen molar-refractivity contribution in [3.8, 4) is 0 Å². The van der Waals surface area contributed by atoms with Crippen LogP contribution in [0.4, 0.5) is 4.79 Å². The summed E-state index contributed by atoms with van der Waals surface area (Å²) in [6, 6.07) is 0. The van der Waals surface area contributed by atoms with Gasteiger partial charge in [-0.05, 0) is 58.1 Å². The van der Waals surface area contributed by atoms with E-state index in [2.05, 4.69) is 5.32 Å². The molecule has 0 aromatic heterocycles. The van der Waals surface area contributed by atoms with Crippen LogP contribution in [-0.4, -0.2) is 53.6 Å². The average Bonchev–Trinajstić information content (AvgIpc) is 2.71. The number of likely N-dealkylation sites (tertiary alicyclic amines) is 1. The molecule has 0 saturated carbocycles. The van der Waals surface area contributed by atoms with Crippen LogP contribution < -0.4 is 5.32 Å². The van der Waals surface area contributed by atoms with Gasteiger partial charge in [0, 0.05) is 31.3 Å². The van der Waals surface area contributed by atoms with Crippen molar-refractivity contribution in [1.82, 2.24) is 10.2 Å². The fourth-order valence-electron chi connectivity index (χ4n) is 3.15. The molecule has 1 unspecified atom stereocenters. The van der Waals surface area contributed by atoms with Crippen molar-refractivity contribution in [2.45, 2.75) is 58.5 Å². The number of nitrogens with one attached hydrogen (secondary N) is 1. The van der Waals surface area contributed by atoms with E-state index in [1.54, 1.807) is 0 Å². The first-order chi connectivity index (χ1) is 11.3. The fraction of sp³-hybridized carbons (Fsp3) is 0.889. The predicted molar refractivity (Wildman–Crippen MR) is 98.2 cm³/mol. The first kappa shape index (κ1) is 19.4. The highest BCUT2D eigenvalue weighted by molar-refractivity contribution is 7.99. The molecule has 2 aliphatic heterocycles. The van der Waals surface area contributed by atoms with Crippen molar-refractivity contribution in [3.63, 3.8) is 0 Å². The molecular formula is C18H32N2O3S. The normalized spacial score (nSPS) is 23.5. The molecule has 0 aromatic carbocycles. The Balaban J connectivity index is 1.64. The van der Waals surface area contributed by atoms with Crippen LogP contribution in [0.5, 0.6) is 0 Å². The molecule has 1 atom stereocenters. The monoisotopic (exact) mass is 356 g/mol. The van der Waals surface area contributed by atoms with E-state index in [0.29, 0.717) is 5.92 Å². The van der Waals surface area contributed by atoms with E-state index in [1.807, 2.05) is 37.4 Å². The van der Waals surface area contributed by atoms with E-state index >= 15 is 0 Å². The number of carbonyl (C=O) groups excluding carboxylic acids is 2. The first-order valence-corrected chi connectivity index (χ1v) is 10.3. The number of thioether (sulfide) groups is 1. The van der Waals surface area contributed by atoms with Crippen LogP contribution in [0.15, 0.2) is 0 Å². The molecule has 2 saturated heterocycles. The molecule has 0 bridgehead atoms. The lowest BCUT2D eigenvalue weighted by Gasteiger charge is -2.33. The molecule has 138 valence electrons. The van der Waals surface area contributed by atoms with Gasteiger partial charge in [0.1, 0.15) is 5.60 Å². The van der Waals surface area contributed by atoms with E-state index < -0.39 is 5.60 Å². The zero-order valence-electron chi connectivity index (χ0n) is 15.3. The first-order valence-electron chi connectivity index (χ1n) is 9.18. The standard InChI is InChI=1S/C18H32N2O3S/c1-18(2,3)23-17(22)20-10-7-14(8-11-20)12-24-13-15-6-4-5-9-19-16(15)21/h14-15H,4-13H2,1-3H3,(H,19,21). The molecule has 2 amide bonds. The third-order valence-corrected chi connectivity index (χ3v) is 5.93. The van der Waals surface area contributed by atoms with Crippen LogP contribution in [0.3, 0.4) is 0 Å². The molecule has 2 rings (SSSR count). The van der Waals surface area contributed by atoms with Crippen LogP contribution in [0.25, 0.3) is 0 Å². The van der Waals surface area contributed by atoms with Gasteiger partial charge in [0.2, 0.25) is 5.91 Å². The summed E-state index contributed by atoms with van der Waals surface area (Å²) < 4.78 is 5.43. The summed E-state index contributed by atoms with van der Waals surface area (Å²) >= 11 is 1.90. The smallest absolute Gasteiger partial charge is 0.410 e. The fourth-order valence-corrected chi connectivity index (χ4v) is 4.55. The molecule has 24 heavy (non-hydrogen) atoms.